The van der Waals surface area contributed by atoms with E-state index in [0.717, 1.165) is 16.5 Å². The molecule has 1 N–H and O–H groups in total. The summed E-state index contributed by atoms with van der Waals surface area (Å²) in [5, 5.41) is 4.74. The molecule has 0 saturated heterocycles. The number of benzene rings is 2. The van der Waals surface area contributed by atoms with Crippen LogP contribution in [-0.4, -0.2) is 26.2 Å². The van der Waals surface area contributed by atoms with Gasteiger partial charge in [0, 0.05) is 5.39 Å². The number of rotatable bonds is 1. The molecule has 0 spiro atoms. The van der Waals surface area contributed by atoms with Gasteiger partial charge in [-0.25, -0.2) is 0 Å². The van der Waals surface area contributed by atoms with E-state index in [0.29, 0.717) is 24.5 Å². The Morgan fingerprint density at radius 3 is 2.94 bits per heavy atom. The van der Waals surface area contributed by atoms with Crippen molar-refractivity contribution in [3.05, 3.63) is 35.9 Å². The van der Waals surface area contributed by atoms with Gasteiger partial charge in [-0.2, -0.15) is 0 Å². The van der Waals surface area contributed by atoms with E-state index in [1.807, 2.05) is 24.3 Å². The summed E-state index contributed by atoms with van der Waals surface area (Å²) in [6.45, 7) is 1.01. The average molecular weight is 243 g/mol. The van der Waals surface area contributed by atoms with Gasteiger partial charge in [0.2, 0.25) is 0 Å². The Balaban J connectivity index is 2.28. The zero-order chi connectivity index (χ0) is 12.5. The monoisotopic (exact) mass is 243 g/mol. The number of methoxy groups -OCH3 is 1. The molecule has 4 heteroatoms. The third kappa shape index (κ3) is 1.66. The Morgan fingerprint density at radius 2 is 2.11 bits per heavy atom. The standard InChI is InChI=1S/C14H13NO3/c1-17-10-4-2-9-3-5-11-13(12(9)8-10)18-7-6-15-14(11)16/h2-5,8H,6-7H2,1H3,(H,15,16). The van der Waals surface area contributed by atoms with Crippen molar-refractivity contribution in [2.24, 2.45) is 0 Å². The Hall–Kier alpha value is -2.23. The van der Waals surface area contributed by atoms with E-state index in [-0.39, 0.29) is 5.91 Å². The summed E-state index contributed by atoms with van der Waals surface area (Å²) in [7, 11) is 1.62. The number of carbonyl (C=O) groups is 1. The fraction of sp³-hybridized carbons (Fsp3) is 0.214. The molecule has 2 aromatic rings. The largest absolute Gasteiger partial charge is 0.497 e. The highest BCUT2D eigenvalue weighted by atomic mass is 16.5. The second-order valence-electron chi connectivity index (χ2n) is 4.13. The van der Waals surface area contributed by atoms with Crippen LogP contribution in [0.5, 0.6) is 11.5 Å². The molecule has 0 aliphatic carbocycles. The summed E-state index contributed by atoms with van der Waals surface area (Å²) in [6.07, 6.45) is 0. The van der Waals surface area contributed by atoms with E-state index in [1.165, 1.54) is 0 Å². The van der Waals surface area contributed by atoms with Crippen molar-refractivity contribution >= 4 is 16.7 Å². The van der Waals surface area contributed by atoms with Gasteiger partial charge in [-0.1, -0.05) is 12.1 Å². The Morgan fingerprint density at radius 1 is 1.28 bits per heavy atom. The SMILES string of the molecule is COc1ccc2ccc3c(c2c1)OCCNC3=O. The van der Waals surface area contributed by atoms with Crippen molar-refractivity contribution in [2.75, 3.05) is 20.3 Å². The molecule has 0 radical (unpaired) electrons. The smallest absolute Gasteiger partial charge is 0.255 e. The Kier molecular flexibility index (Phi) is 2.55. The van der Waals surface area contributed by atoms with E-state index in [9.17, 15) is 4.79 Å². The zero-order valence-electron chi connectivity index (χ0n) is 10.0. The molecule has 1 heterocycles. The lowest BCUT2D eigenvalue weighted by atomic mass is 10.0. The van der Waals surface area contributed by atoms with Crippen LogP contribution in [0, 0.1) is 0 Å². The van der Waals surface area contributed by atoms with Crippen molar-refractivity contribution < 1.29 is 14.3 Å². The van der Waals surface area contributed by atoms with Gasteiger partial charge in [0.15, 0.2) is 0 Å². The molecule has 2 aromatic carbocycles. The quantitative estimate of drug-likeness (QED) is 0.833. The van der Waals surface area contributed by atoms with Crippen LogP contribution < -0.4 is 14.8 Å². The summed E-state index contributed by atoms with van der Waals surface area (Å²) >= 11 is 0. The van der Waals surface area contributed by atoms with E-state index in [1.54, 1.807) is 13.2 Å². The third-order valence-corrected chi connectivity index (χ3v) is 3.06. The van der Waals surface area contributed by atoms with Crippen molar-refractivity contribution in [1.82, 2.24) is 5.32 Å². The van der Waals surface area contributed by atoms with Crippen LogP contribution in [0.15, 0.2) is 30.3 Å². The number of amides is 1. The van der Waals surface area contributed by atoms with Gasteiger partial charge >= 0.3 is 0 Å². The number of nitrogens with one attached hydrogen (secondary N) is 1. The molecule has 1 aliphatic rings. The van der Waals surface area contributed by atoms with Gasteiger partial charge in [0.25, 0.3) is 5.91 Å². The molecule has 1 amide bonds. The topological polar surface area (TPSA) is 47.6 Å². The number of hydrogen-bond acceptors (Lipinski definition) is 3. The zero-order valence-corrected chi connectivity index (χ0v) is 10.0. The molecular formula is C14H13NO3. The predicted molar refractivity (Wildman–Crippen MR) is 68.3 cm³/mol. The van der Waals surface area contributed by atoms with Gasteiger partial charge in [-0.3, -0.25) is 4.79 Å². The van der Waals surface area contributed by atoms with Crippen LogP contribution in [0.1, 0.15) is 10.4 Å². The Labute approximate surface area is 105 Å². The van der Waals surface area contributed by atoms with Crippen LogP contribution >= 0.6 is 0 Å². The summed E-state index contributed by atoms with van der Waals surface area (Å²) in [5.74, 6) is 1.30. The first-order valence-corrected chi connectivity index (χ1v) is 5.81. The van der Waals surface area contributed by atoms with Crippen LogP contribution in [0.4, 0.5) is 0 Å². The van der Waals surface area contributed by atoms with Crippen molar-refractivity contribution in [3.8, 4) is 11.5 Å². The van der Waals surface area contributed by atoms with E-state index >= 15 is 0 Å². The molecule has 1 aliphatic heterocycles. The van der Waals surface area contributed by atoms with Crippen LogP contribution in [0.25, 0.3) is 10.8 Å². The normalized spacial score (nSPS) is 14.4. The van der Waals surface area contributed by atoms with Crippen LogP contribution in [0.3, 0.4) is 0 Å². The maximum absolute atomic E-state index is 11.9. The van der Waals surface area contributed by atoms with E-state index in [4.69, 9.17) is 9.47 Å². The second-order valence-corrected chi connectivity index (χ2v) is 4.13. The third-order valence-electron chi connectivity index (χ3n) is 3.06. The predicted octanol–water partition coefficient (Wildman–Crippen LogP) is 1.97. The first kappa shape index (κ1) is 10.9. The van der Waals surface area contributed by atoms with Crippen molar-refractivity contribution in [2.45, 2.75) is 0 Å². The van der Waals surface area contributed by atoms with Crippen molar-refractivity contribution in [3.63, 3.8) is 0 Å². The molecule has 4 nitrogen and oxygen atoms in total. The second kappa shape index (κ2) is 4.22. The van der Waals surface area contributed by atoms with Gasteiger partial charge in [0.1, 0.15) is 18.1 Å². The molecule has 0 saturated carbocycles. The fourth-order valence-corrected chi connectivity index (χ4v) is 2.15. The number of carbonyl (C=O) groups excluding carboxylic acids is 1. The van der Waals surface area contributed by atoms with E-state index in [2.05, 4.69) is 5.32 Å². The molecule has 3 rings (SSSR count). The molecule has 0 unspecified atom stereocenters. The van der Waals surface area contributed by atoms with Crippen LogP contribution in [0.2, 0.25) is 0 Å². The highest BCUT2D eigenvalue weighted by Gasteiger charge is 2.18. The molecule has 92 valence electrons. The molecule has 0 fully saturated rings. The highest BCUT2D eigenvalue weighted by molar-refractivity contribution is 6.04. The number of fused-ring (bicyclic) bond motifs is 3. The summed E-state index contributed by atoms with van der Waals surface area (Å²) in [5.41, 5.74) is 0.577. The summed E-state index contributed by atoms with van der Waals surface area (Å²) in [6, 6.07) is 9.46. The maximum atomic E-state index is 11.9. The maximum Gasteiger partial charge on any atom is 0.255 e. The average Bonchev–Trinajstić information content (AvgIpc) is 2.60. The molecule has 0 atom stereocenters. The van der Waals surface area contributed by atoms with Crippen molar-refractivity contribution in [1.29, 1.82) is 0 Å². The first-order valence-electron chi connectivity index (χ1n) is 5.81. The lowest BCUT2D eigenvalue weighted by Gasteiger charge is -2.10. The lowest BCUT2D eigenvalue weighted by molar-refractivity contribution is 0.0957. The van der Waals surface area contributed by atoms with Gasteiger partial charge in [0.05, 0.1) is 19.2 Å². The molecule has 18 heavy (non-hydrogen) atoms. The summed E-state index contributed by atoms with van der Waals surface area (Å²) in [4.78, 5) is 11.9. The minimum atomic E-state index is -0.0905. The highest BCUT2D eigenvalue weighted by Crippen LogP contribution is 2.33. The van der Waals surface area contributed by atoms with Gasteiger partial charge in [-0.05, 0) is 23.6 Å². The molecular weight excluding hydrogens is 230 g/mol. The minimum Gasteiger partial charge on any atom is -0.497 e. The molecule has 0 aromatic heterocycles. The van der Waals surface area contributed by atoms with Gasteiger partial charge in [-0.15, -0.1) is 0 Å². The lowest BCUT2D eigenvalue weighted by Crippen LogP contribution is -2.24. The van der Waals surface area contributed by atoms with Gasteiger partial charge < -0.3 is 14.8 Å². The minimum absolute atomic E-state index is 0.0905. The van der Waals surface area contributed by atoms with Crippen LogP contribution in [-0.2, 0) is 0 Å². The fourth-order valence-electron chi connectivity index (χ4n) is 2.15. The number of ether oxygens (including phenoxy) is 2. The Bertz CT molecular complexity index is 622. The number of hydrogen-bond donors (Lipinski definition) is 1. The summed E-state index contributed by atoms with van der Waals surface area (Å²) < 4.78 is 10.9. The van der Waals surface area contributed by atoms with E-state index < -0.39 is 0 Å². The first-order chi connectivity index (χ1) is 8.79. The molecule has 0 bridgehead atoms.